The number of carbonyl (C=O) groups excluding carboxylic acids is 1. The fraction of sp³-hybridized carbons (Fsp3) is 0.444. The maximum absolute atomic E-state index is 12.9. The summed E-state index contributed by atoms with van der Waals surface area (Å²) in [6.07, 6.45) is 5.32. The highest BCUT2D eigenvalue weighted by molar-refractivity contribution is 6.05. The molecule has 2 aliphatic heterocycles. The lowest BCUT2D eigenvalue weighted by Gasteiger charge is -2.25. The zero-order valence-corrected chi connectivity index (χ0v) is 20.2. The van der Waals surface area contributed by atoms with Gasteiger partial charge in [0.05, 0.1) is 5.39 Å². The molecule has 0 spiro atoms. The van der Waals surface area contributed by atoms with E-state index in [1.807, 2.05) is 19.9 Å². The van der Waals surface area contributed by atoms with E-state index >= 15 is 0 Å². The van der Waals surface area contributed by atoms with Gasteiger partial charge in [-0.25, -0.2) is 4.98 Å². The minimum Gasteiger partial charge on any atom is -0.371 e. The SMILES string of the molecule is Cc1ccc2c(=O)c(C(=O)Nc3ccc(N4CCC(CN5CCCC5C)C4)cc3C)c[nH]c2n1. The third-order valence-electron chi connectivity index (χ3n) is 7.41. The van der Waals surface area contributed by atoms with Gasteiger partial charge in [-0.1, -0.05) is 0 Å². The lowest BCUT2D eigenvalue weighted by Crippen LogP contribution is -2.33. The van der Waals surface area contributed by atoms with Crippen LogP contribution in [0.1, 0.15) is 47.8 Å². The predicted octanol–water partition coefficient (Wildman–Crippen LogP) is 4.10. The topological polar surface area (TPSA) is 81.3 Å². The van der Waals surface area contributed by atoms with Gasteiger partial charge in [0.2, 0.25) is 5.43 Å². The van der Waals surface area contributed by atoms with E-state index in [0.29, 0.717) is 17.0 Å². The van der Waals surface area contributed by atoms with E-state index in [4.69, 9.17) is 0 Å². The van der Waals surface area contributed by atoms with Gasteiger partial charge in [0.25, 0.3) is 5.91 Å². The minimum absolute atomic E-state index is 0.0835. The maximum atomic E-state index is 12.9. The van der Waals surface area contributed by atoms with Crippen molar-refractivity contribution in [3.63, 3.8) is 0 Å². The first kappa shape index (κ1) is 22.6. The van der Waals surface area contributed by atoms with Crippen molar-refractivity contribution in [3.8, 4) is 0 Å². The standard InChI is InChI=1S/C27H33N5O2/c1-17-13-21(32-12-10-20(16-32)15-31-11-4-5-19(31)3)7-9-24(17)30-27(34)23-14-28-26-22(25(23)33)8-6-18(2)29-26/h6-9,13-14,19-20H,4-5,10-12,15-16H2,1-3H3,(H,30,34)(H,28,29,33). The third-order valence-corrected chi connectivity index (χ3v) is 7.41. The number of H-pyrrole nitrogens is 1. The summed E-state index contributed by atoms with van der Waals surface area (Å²) >= 11 is 0. The Morgan fingerprint density at radius 2 is 2.03 bits per heavy atom. The van der Waals surface area contributed by atoms with E-state index in [0.717, 1.165) is 36.1 Å². The quantitative estimate of drug-likeness (QED) is 0.600. The Balaban J connectivity index is 1.27. The molecule has 5 rings (SSSR count). The van der Waals surface area contributed by atoms with Gasteiger partial charge < -0.3 is 20.1 Å². The van der Waals surface area contributed by atoms with E-state index < -0.39 is 5.91 Å². The van der Waals surface area contributed by atoms with Gasteiger partial charge in [0, 0.05) is 48.9 Å². The number of fused-ring (bicyclic) bond motifs is 1. The van der Waals surface area contributed by atoms with Gasteiger partial charge in [0.15, 0.2) is 0 Å². The summed E-state index contributed by atoms with van der Waals surface area (Å²) in [5.41, 5.74) is 3.96. The summed E-state index contributed by atoms with van der Waals surface area (Å²) in [6, 6.07) is 10.3. The first-order chi connectivity index (χ1) is 16.4. The number of hydrogen-bond donors (Lipinski definition) is 2. The summed E-state index contributed by atoms with van der Waals surface area (Å²) in [5.74, 6) is 0.290. The number of likely N-dealkylation sites (tertiary alicyclic amines) is 1. The summed E-state index contributed by atoms with van der Waals surface area (Å²) in [4.78, 5) is 38.1. The molecule has 2 aliphatic rings. The third kappa shape index (κ3) is 4.44. The van der Waals surface area contributed by atoms with Crippen molar-refractivity contribution in [2.45, 2.75) is 46.1 Å². The van der Waals surface area contributed by atoms with Crippen molar-refractivity contribution < 1.29 is 4.79 Å². The van der Waals surface area contributed by atoms with Crippen LogP contribution in [-0.2, 0) is 0 Å². The van der Waals surface area contributed by atoms with E-state index in [1.54, 1.807) is 12.1 Å². The summed E-state index contributed by atoms with van der Waals surface area (Å²) in [6.45, 7) is 10.8. The number of rotatable bonds is 5. The van der Waals surface area contributed by atoms with Gasteiger partial charge in [-0.2, -0.15) is 0 Å². The fourth-order valence-corrected chi connectivity index (χ4v) is 5.36. The van der Waals surface area contributed by atoms with Crippen LogP contribution >= 0.6 is 0 Å². The number of amides is 1. The molecule has 2 unspecified atom stereocenters. The second kappa shape index (κ2) is 9.22. The smallest absolute Gasteiger partial charge is 0.261 e. The van der Waals surface area contributed by atoms with E-state index in [9.17, 15) is 9.59 Å². The number of aryl methyl sites for hydroxylation is 2. The van der Waals surface area contributed by atoms with Crippen LogP contribution in [0.25, 0.3) is 11.0 Å². The van der Waals surface area contributed by atoms with Gasteiger partial charge in [-0.3, -0.25) is 9.59 Å². The second-order valence-corrected chi connectivity index (χ2v) is 9.92. The van der Waals surface area contributed by atoms with Crippen molar-refractivity contribution in [2.24, 2.45) is 5.92 Å². The first-order valence-electron chi connectivity index (χ1n) is 12.3. The zero-order valence-electron chi connectivity index (χ0n) is 20.2. The molecule has 2 aromatic heterocycles. The van der Waals surface area contributed by atoms with Crippen molar-refractivity contribution >= 4 is 28.3 Å². The Bertz CT molecular complexity index is 1280. The average molecular weight is 460 g/mol. The molecule has 7 heteroatoms. The fourth-order valence-electron chi connectivity index (χ4n) is 5.36. The van der Waals surface area contributed by atoms with Crippen LogP contribution < -0.4 is 15.6 Å². The molecule has 1 aromatic carbocycles. The van der Waals surface area contributed by atoms with Crippen LogP contribution in [0.2, 0.25) is 0 Å². The molecule has 2 saturated heterocycles. The monoisotopic (exact) mass is 459 g/mol. The van der Waals surface area contributed by atoms with Crippen LogP contribution in [0.4, 0.5) is 11.4 Å². The van der Waals surface area contributed by atoms with E-state index in [2.05, 4.69) is 44.1 Å². The molecule has 0 bridgehead atoms. The molecular formula is C27H33N5O2. The highest BCUT2D eigenvalue weighted by Crippen LogP contribution is 2.29. The van der Waals surface area contributed by atoms with Crippen molar-refractivity contribution in [3.05, 3.63) is 63.6 Å². The normalized spacial score (nSPS) is 20.9. The minimum atomic E-state index is -0.416. The van der Waals surface area contributed by atoms with Crippen LogP contribution in [-0.4, -0.2) is 53.0 Å². The zero-order chi connectivity index (χ0) is 23.8. The van der Waals surface area contributed by atoms with Crippen LogP contribution in [0, 0.1) is 19.8 Å². The van der Waals surface area contributed by atoms with Crippen LogP contribution in [0.15, 0.2) is 41.3 Å². The predicted molar refractivity (Wildman–Crippen MR) is 137 cm³/mol. The number of carbonyl (C=O) groups is 1. The molecule has 0 aliphatic carbocycles. The molecular weight excluding hydrogens is 426 g/mol. The number of nitrogens with zero attached hydrogens (tertiary/aromatic N) is 3. The first-order valence-corrected chi connectivity index (χ1v) is 12.3. The molecule has 0 radical (unpaired) electrons. The Kier molecular flexibility index (Phi) is 6.13. The number of nitrogens with one attached hydrogen (secondary N) is 2. The molecule has 178 valence electrons. The van der Waals surface area contributed by atoms with Gasteiger partial charge in [-0.15, -0.1) is 0 Å². The Morgan fingerprint density at radius 3 is 2.79 bits per heavy atom. The number of anilines is 2. The van der Waals surface area contributed by atoms with Crippen molar-refractivity contribution in [1.29, 1.82) is 0 Å². The number of hydrogen-bond acceptors (Lipinski definition) is 5. The summed E-state index contributed by atoms with van der Waals surface area (Å²) in [5, 5.41) is 3.33. The number of aromatic amines is 1. The Labute approximate surface area is 200 Å². The number of pyridine rings is 2. The van der Waals surface area contributed by atoms with Crippen LogP contribution in [0.3, 0.4) is 0 Å². The highest BCUT2D eigenvalue weighted by Gasteiger charge is 2.28. The molecule has 2 atom stereocenters. The molecule has 0 saturated carbocycles. The molecule has 3 aromatic rings. The molecule has 2 N–H and O–H groups in total. The lowest BCUT2D eigenvalue weighted by molar-refractivity contribution is 0.102. The number of aromatic nitrogens is 2. The molecule has 7 nitrogen and oxygen atoms in total. The van der Waals surface area contributed by atoms with Crippen molar-refractivity contribution in [2.75, 3.05) is 36.4 Å². The average Bonchev–Trinajstić information content (AvgIpc) is 3.44. The molecule has 34 heavy (non-hydrogen) atoms. The van der Waals surface area contributed by atoms with E-state index in [-0.39, 0.29) is 11.0 Å². The summed E-state index contributed by atoms with van der Waals surface area (Å²) in [7, 11) is 0. The molecule has 2 fully saturated rings. The van der Waals surface area contributed by atoms with Gasteiger partial charge in [-0.05, 0) is 88.4 Å². The Morgan fingerprint density at radius 1 is 1.18 bits per heavy atom. The van der Waals surface area contributed by atoms with Crippen LogP contribution in [0.5, 0.6) is 0 Å². The lowest BCUT2D eigenvalue weighted by atomic mass is 10.1. The summed E-state index contributed by atoms with van der Waals surface area (Å²) < 4.78 is 0. The van der Waals surface area contributed by atoms with Crippen molar-refractivity contribution in [1.82, 2.24) is 14.9 Å². The molecule has 4 heterocycles. The maximum Gasteiger partial charge on any atom is 0.261 e. The highest BCUT2D eigenvalue weighted by atomic mass is 16.2. The Hall–Kier alpha value is -3.19. The number of benzene rings is 1. The largest absolute Gasteiger partial charge is 0.371 e. The second-order valence-electron chi connectivity index (χ2n) is 9.92. The van der Waals surface area contributed by atoms with Gasteiger partial charge >= 0.3 is 0 Å². The van der Waals surface area contributed by atoms with E-state index in [1.165, 1.54) is 44.2 Å². The van der Waals surface area contributed by atoms with Gasteiger partial charge in [0.1, 0.15) is 11.2 Å². The molecule has 1 amide bonds.